The molecular weight excluding hydrogens is 272 g/mol. The van der Waals surface area contributed by atoms with E-state index in [0.717, 1.165) is 0 Å². The van der Waals surface area contributed by atoms with Crippen LogP contribution < -0.4 is 0 Å². The predicted octanol–water partition coefficient (Wildman–Crippen LogP) is 3.31. The van der Waals surface area contributed by atoms with Gasteiger partial charge in [-0.3, -0.25) is 0 Å². The van der Waals surface area contributed by atoms with E-state index in [0.29, 0.717) is 6.61 Å². The first kappa shape index (κ1) is 19.1. The second-order valence-corrected chi connectivity index (χ2v) is 10.9. The van der Waals surface area contributed by atoms with Gasteiger partial charge in [-0.1, -0.05) is 39.0 Å². The molecule has 0 amide bonds. The lowest BCUT2D eigenvalue weighted by molar-refractivity contribution is -0.134. The lowest BCUT2D eigenvalue weighted by Crippen LogP contribution is -2.42. The van der Waals surface area contributed by atoms with Gasteiger partial charge < -0.3 is 13.9 Å². The summed E-state index contributed by atoms with van der Waals surface area (Å²) in [6.45, 7) is 11.6. The summed E-state index contributed by atoms with van der Waals surface area (Å²) in [5, 5.41) is 0.180. The molecule has 1 atom stereocenters. The number of ether oxygens (including phenoxy) is 2. The third-order valence-corrected chi connectivity index (χ3v) is 8.09. The standard InChI is InChI=1S/C15H28O4Si/c1-15(2,3)20(6,7)19-12-13(17-4)10-8-9-11-14(16)18-5/h8-11,13H,12H2,1-7H3/b10-8+,11-9+/t13-/m0/s1. The summed E-state index contributed by atoms with van der Waals surface area (Å²) in [5.74, 6) is -0.374. The summed E-state index contributed by atoms with van der Waals surface area (Å²) in [4.78, 5) is 10.9. The first-order valence-electron chi connectivity index (χ1n) is 6.73. The average molecular weight is 300 g/mol. The van der Waals surface area contributed by atoms with Crippen LogP contribution >= 0.6 is 0 Å². The van der Waals surface area contributed by atoms with Crippen LogP contribution in [0.3, 0.4) is 0 Å². The van der Waals surface area contributed by atoms with Crippen molar-refractivity contribution in [3.8, 4) is 0 Å². The van der Waals surface area contributed by atoms with Gasteiger partial charge in [0, 0.05) is 13.2 Å². The maximum Gasteiger partial charge on any atom is 0.330 e. The monoisotopic (exact) mass is 300 g/mol. The van der Waals surface area contributed by atoms with Crippen LogP contribution in [-0.4, -0.2) is 41.2 Å². The van der Waals surface area contributed by atoms with Gasteiger partial charge in [-0.05, 0) is 18.1 Å². The summed E-state index contributed by atoms with van der Waals surface area (Å²) in [6.07, 6.45) is 6.50. The Kier molecular flexibility index (Phi) is 8.01. The van der Waals surface area contributed by atoms with E-state index < -0.39 is 8.32 Å². The molecule has 0 aromatic rings. The molecule has 0 bridgehead atoms. The molecule has 0 aliphatic rings. The van der Waals surface area contributed by atoms with Crippen LogP contribution in [0.15, 0.2) is 24.3 Å². The molecule has 0 unspecified atom stereocenters. The topological polar surface area (TPSA) is 44.8 Å². The highest BCUT2D eigenvalue weighted by Gasteiger charge is 2.37. The van der Waals surface area contributed by atoms with Crippen LogP contribution in [0.1, 0.15) is 20.8 Å². The summed E-state index contributed by atoms with van der Waals surface area (Å²) in [6, 6.07) is 0. The quantitative estimate of drug-likeness (QED) is 0.313. The molecule has 0 heterocycles. The van der Waals surface area contributed by atoms with E-state index in [2.05, 4.69) is 38.6 Å². The third kappa shape index (κ3) is 7.03. The normalized spacial score (nSPS) is 14.9. The van der Waals surface area contributed by atoms with E-state index in [1.807, 2.05) is 6.08 Å². The van der Waals surface area contributed by atoms with E-state index >= 15 is 0 Å². The van der Waals surface area contributed by atoms with Crippen molar-refractivity contribution in [3.63, 3.8) is 0 Å². The fraction of sp³-hybridized carbons (Fsp3) is 0.667. The SMILES string of the molecule is COC(=O)/C=C/C=C/[C@@H](CO[Si](C)(C)C(C)(C)C)OC. The zero-order valence-corrected chi connectivity index (χ0v) is 14.7. The molecule has 0 radical (unpaired) electrons. The van der Waals surface area contributed by atoms with Crippen LogP contribution in [0.5, 0.6) is 0 Å². The largest absolute Gasteiger partial charge is 0.466 e. The number of hydrogen-bond acceptors (Lipinski definition) is 4. The molecule has 20 heavy (non-hydrogen) atoms. The van der Waals surface area contributed by atoms with Gasteiger partial charge in [-0.15, -0.1) is 0 Å². The van der Waals surface area contributed by atoms with Gasteiger partial charge in [0.2, 0.25) is 0 Å². The van der Waals surface area contributed by atoms with Gasteiger partial charge in [-0.2, -0.15) is 0 Å². The fourth-order valence-corrected chi connectivity index (χ4v) is 2.11. The van der Waals surface area contributed by atoms with Gasteiger partial charge in [0.25, 0.3) is 0 Å². The highest BCUT2D eigenvalue weighted by Crippen LogP contribution is 2.36. The number of methoxy groups -OCH3 is 2. The Morgan fingerprint density at radius 1 is 1.20 bits per heavy atom. The fourth-order valence-electron chi connectivity index (χ4n) is 1.10. The van der Waals surface area contributed by atoms with Crippen LogP contribution in [0.2, 0.25) is 18.1 Å². The van der Waals surface area contributed by atoms with E-state index in [1.54, 1.807) is 19.3 Å². The molecule has 0 aromatic heterocycles. The molecule has 0 aliphatic heterocycles. The van der Waals surface area contributed by atoms with Gasteiger partial charge in [0.1, 0.15) is 0 Å². The molecule has 0 saturated heterocycles. The van der Waals surface area contributed by atoms with E-state index in [-0.39, 0.29) is 17.1 Å². The maximum absolute atomic E-state index is 10.9. The molecule has 0 aliphatic carbocycles. The first-order valence-corrected chi connectivity index (χ1v) is 9.64. The second-order valence-electron chi connectivity index (χ2n) is 6.11. The summed E-state index contributed by atoms with van der Waals surface area (Å²) >= 11 is 0. The van der Waals surface area contributed by atoms with Crippen LogP contribution in [0.4, 0.5) is 0 Å². The first-order chi connectivity index (χ1) is 9.14. The summed E-state index contributed by atoms with van der Waals surface area (Å²) < 4.78 is 15.9. The molecular formula is C15H28O4Si. The van der Waals surface area contributed by atoms with Crippen molar-refractivity contribution in [2.24, 2.45) is 0 Å². The second kappa shape index (κ2) is 8.39. The van der Waals surface area contributed by atoms with Gasteiger partial charge in [0.05, 0.1) is 19.8 Å². The Labute approximate surface area is 123 Å². The lowest BCUT2D eigenvalue weighted by atomic mass is 10.2. The van der Waals surface area contributed by atoms with Crippen LogP contribution in [-0.2, 0) is 18.7 Å². The van der Waals surface area contributed by atoms with E-state index in [9.17, 15) is 4.79 Å². The Hall–Kier alpha value is -0.913. The number of carbonyl (C=O) groups is 1. The third-order valence-electron chi connectivity index (χ3n) is 3.59. The molecule has 0 spiro atoms. The lowest BCUT2D eigenvalue weighted by Gasteiger charge is -2.36. The van der Waals surface area contributed by atoms with Crippen molar-refractivity contribution in [3.05, 3.63) is 24.3 Å². The minimum atomic E-state index is -1.76. The number of esters is 1. The zero-order chi connectivity index (χ0) is 15.8. The number of allylic oxidation sites excluding steroid dienone is 2. The Balaban J connectivity index is 4.40. The average Bonchev–Trinajstić information content (AvgIpc) is 2.36. The zero-order valence-electron chi connectivity index (χ0n) is 13.7. The number of hydrogen-bond donors (Lipinski definition) is 0. The van der Waals surface area contributed by atoms with Gasteiger partial charge in [-0.25, -0.2) is 4.79 Å². The molecule has 4 nitrogen and oxygen atoms in total. The highest BCUT2D eigenvalue weighted by atomic mass is 28.4. The van der Waals surface area contributed by atoms with Crippen molar-refractivity contribution in [1.29, 1.82) is 0 Å². The van der Waals surface area contributed by atoms with Crippen LogP contribution in [0.25, 0.3) is 0 Å². The Morgan fingerprint density at radius 3 is 2.25 bits per heavy atom. The predicted molar refractivity (Wildman–Crippen MR) is 84.2 cm³/mol. The van der Waals surface area contributed by atoms with Gasteiger partial charge >= 0.3 is 5.97 Å². The Morgan fingerprint density at radius 2 is 1.80 bits per heavy atom. The summed E-state index contributed by atoms with van der Waals surface area (Å²) in [5.41, 5.74) is 0. The molecule has 0 N–H and O–H groups in total. The number of carbonyl (C=O) groups excluding carboxylic acids is 1. The van der Waals surface area contributed by atoms with Crippen molar-refractivity contribution in [2.45, 2.75) is 45.0 Å². The molecule has 5 heteroatoms. The summed E-state index contributed by atoms with van der Waals surface area (Å²) in [7, 11) is 1.23. The molecule has 0 fully saturated rings. The highest BCUT2D eigenvalue weighted by molar-refractivity contribution is 6.74. The molecule has 116 valence electrons. The van der Waals surface area contributed by atoms with Crippen molar-refractivity contribution in [1.82, 2.24) is 0 Å². The van der Waals surface area contributed by atoms with Crippen LogP contribution in [0, 0.1) is 0 Å². The molecule has 0 aromatic carbocycles. The van der Waals surface area contributed by atoms with Crippen molar-refractivity contribution >= 4 is 14.3 Å². The minimum Gasteiger partial charge on any atom is -0.466 e. The van der Waals surface area contributed by atoms with E-state index in [1.165, 1.54) is 13.2 Å². The van der Waals surface area contributed by atoms with E-state index in [4.69, 9.17) is 9.16 Å². The van der Waals surface area contributed by atoms with Crippen molar-refractivity contribution < 1.29 is 18.7 Å². The van der Waals surface area contributed by atoms with Gasteiger partial charge in [0.15, 0.2) is 8.32 Å². The minimum absolute atomic E-state index is 0.119. The maximum atomic E-state index is 10.9. The van der Waals surface area contributed by atoms with Crippen molar-refractivity contribution in [2.75, 3.05) is 20.8 Å². The Bertz CT molecular complexity index is 353. The smallest absolute Gasteiger partial charge is 0.330 e. The number of rotatable bonds is 7. The molecule has 0 rings (SSSR count). The molecule has 0 saturated carbocycles.